The molecule has 7 nitrogen and oxygen atoms in total. The summed E-state index contributed by atoms with van der Waals surface area (Å²) in [5.41, 5.74) is -0.469. The van der Waals surface area contributed by atoms with Crippen LogP contribution in [0.1, 0.15) is 20.8 Å². The third kappa shape index (κ3) is 1.73. The second-order valence-corrected chi connectivity index (χ2v) is 6.27. The number of hydrogen-bond acceptors (Lipinski definition) is 3. The Morgan fingerprint density at radius 2 is 2.05 bits per heavy atom. The van der Waals surface area contributed by atoms with Gasteiger partial charge in [0.2, 0.25) is 5.82 Å². The Morgan fingerprint density at radius 3 is 2.40 bits per heavy atom. The Morgan fingerprint density at radius 1 is 1.45 bits per heavy atom. The first-order valence-corrected chi connectivity index (χ1v) is 6.48. The van der Waals surface area contributed by atoms with Crippen LogP contribution in [0.2, 0.25) is 0 Å². The molecule has 1 N–H and O–H groups in total. The third-order valence-corrected chi connectivity index (χ3v) is 4.16. The van der Waals surface area contributed by atoms with Crippen LogP contribution in [0, 0.1) is 0 Å². The van der Waals surface area contributed by atoms with Crippen LogP contribution in [0.5, 0.6) is 0 Å². The van der Waals surface area contributed by atoms with Crippen LogP contribution in [0.4, 0.5) is 10.6 Å². The summed E-state index contributed by atoms with van der Waals surface area (Å²) in [6.45, 7) is 6.02. The van der Waals surface area contributed by atoms with Crippen molar-refractivity contribution in [3.05, 3.63) is 12.5 Å². The lowest BCUT2D eigenvalue weighted by atomic mass is 10.0. The van der Waals surface area contributed by atoms with Crippen LogP contribution < -0.4 is 4.48 Å². The summed E-state index contributed by atoms with van der Waals surface area (Å²) in [5.74, 6) is -0.273. The van der Waals surface area contributed by atoms with Gasteiger partial charge in [-0.3, -0.25) is 9.47 Å². The lowest BCUT2D eigenvalue weighted by Gasteiger charge is -2.40. The summed E-state index contributed by atoms with van der Waals surface area (Å²) in [5, 5.41) is 9.34. The molecule has 2 rings (SSSR count). The maximum absolute atomic E-state index is 12.8. The number of nitrogens with zero attached hydrogens (tertiary/aromatic N) is 4. The SMILES string of the molecule is CN1C(=O)[N+](c2cncn2C)(C(C)(C)C)C[C@H]1C(=O)O. The molecule has 1 aromatic heterocycles. The number of hydrogen-bond donors (Lipinski definition) is 1. The highest BCUT2D eigenvalue weighted by Crippen LogP contribution is 2.39. The van der Waals surface area contributed by atoms with E-state index in [9.17, 15) is 14.7 Å². The zero-order chi connectivity index (χ0) is 15.3. The van der Waals surface area contributed by atoms with Crippen molar-refractivity contribution in [1.82, 2.24) is 18.9 Å². The zero-order valence-corrected chi connectivity index (χ0v) is 12.5. The molecule has 0 bridgehead atoms. The Labute approximate surface area is 118 Å². The number of imidazole rings is 1. The van der Waals surface area contributed by atoms with Crippen LogP contribution >= 0.6 is 0 Å². The summed E-state index contributed by atoms with van der Waals surface area (Å²) >= 11 is 0. The van der Waals surface area contributed by atoms with Gasteiger partial charge < -0.3 is 5.11 Å². The van der Waals surface area contributed by atoms with Crippen molar-refractivity contribution in [1.29, 1.82) is 0 Å². The predicted octanol–water partition coefficient (Wildman–Crippen LogP) is 1.04. The molecule has 2 amide bonds. The highest BCUT2D eigenvalue weighted by Gasteiger charge is 2.61. The van der Waals surface area contributed by atoms with E-state index in [4.69, 9.17) is 0 Å². The molecule has 2 heterocycles. The first-order valence-electron chi connectivity index (χ1n) is 6.48. The van der Waals surface area contributed by atoms with Gasteiger partial charge in [-0.2, -0.15) is 4.48 Å². The third-order valence-electron chi connectivity index (χ3n) is 4.16. The summed E-state index contributed by atoms with van der Waals surface area (Å²) in [6.07, 6.45) is 3.27. The van der Waals surface area contributed by atoms with Gasteiger partial charge in [0, 0.05) is 14.1 Å². The minimum absolute atomic E-state index is 0.0447. The predicted molar refractivity (Wildman–Crippen MR) is 74.2 cm³/mol. The van der Waals surface area contributed by atoms with Gasteiger partial charge in [-0.25, -0.2) is 14.6 Å². The molecule has 1 aliphatic rings. The quantitative estimate of drug-likeness (QED) is 0.822. The van der Waals surface area contributed by atoms with Crippen molar-refractivity contribution < 1.29 is 14.7 Å². The molecule has 0 radical (unpaired) electrons. The fraction of sp³-hybridized carbons (Fsp3) is 0.615. The first kappa shape index (κ1) is 14.5. The number of carboxylic acids is 1. The summed E-state index contributed by atoms with van der Waals surface area (Å²) in [7, 11) is 3.36. The molecule has 1 aliphatic heterocycles. The zero-order valence-electron chi connectivity index (χ0n) is 12.5. The van der Waals surface area contributed by atoms with E-state index in [1.54, 1.807) is 24.1 Å². The summed E-state index contributed by atoms with van der Waals surface area (Å²) < 4.78 is 1.73. The van der Waals surface area contributed by atoms with Gasteiger partial charge >= 0.3 is 12.0 Å². The van der Waals surface area contributed by atoms with Gasteiger partial charge in [0.15, 0.2) is 6.04 Å². The number of aryl methyl sites for hydroxylation is 1. The molecule has 7 heteroatoms. The van der Waals surface area contributed by atoms with E-state index in [2.05, 4.69) is 4.98 Å². The second-order valence-electron chi connectivity index (χ2n) is 6.27. The van der Waals surface area contributed by atoms with Crippen molar-refractivity contribution in [2.45, 2.75) is 32.4 Å². The van der Waals surface area contributed by atoms with Crippen molar-refractivity contribution in [3.63, 3.8) is 0 Å². The van der Waals surface area contributed by atoms with Gasteiger partial charge in [0.25, 0.3) is 0 Å². The number of carbonyl (C=O) groups excluding carboxylic acids is 1. The van der Waals surface area contributed by atoms with E-state index >= 15 is 0 Å². The lowest BCUT2D eigenvalue weighted by molar-refractivity contribution is -0.140. The smallest absolute Gasteiger partial charge is 0.426 e. The van der Waals surface area contributed by atoms with E-state index in [0.29, 0.717) is 5.82 Å². The number of carboxylic acid groups (broad SMARTS) is 1. The largest absolute Gasteiger partial charge is 0.480 e. The Hall–Kier alpha value is -1.89. The monoisotopic (exact) mass is 281 g/mol. The van der Waals surface area contributed by atoms with Crippen molar-refractivity contribution in [3.8, 4) is 0 Å². The van der Waals surface area contributed by atoms with Crippen molar-refractivity contribution >= 4 is 17.8 Å². The van der Waals surface area contributed by atoms with E-state index in [-0.39, 0.29) is 17.1 Å². The highest BCUT2D eigenvalue weighted by molar-refractivity contribution is 5.95. The van der Waals surface area contributed by atoms with Gasteiger partial charge in [0.05, 0.1) is 6.33 Å². The lowest BCUT2D eigenvalue weighted by Crippen LogP contribution is -2.64. The minimum Gasteiger partial charge on any atom is -0.480 e. The maximum atomic E-state index is 12.8. The summed E-state index contributed by atoms with van der Waals surface area (Å²) in [4.78, 5) is 29.6. The molecule has 0 saturated carbocycles. The fourth-order valence-corrected chi connectivity index (χ4v) is 2.92. The molecule has 1 saturated heterocycles. The molecule has 1 fully saturated rings. The fourth-order valence-electron chi connectivity index (χ4n) is 2.92. The van der Waals surface area contributed by atoms with Crippen LogP contribution in [-0.2, 0) is 11.8 Å². The standard InChI is InChI=1S/C13H20N4O3/c1-13(2,3)17(10-6-14-8-15(10)4)7-9(11(18)19)16(5)12(17)20/h6,8-9H,7H2,1-5H3/p+1/t9-,17?/m0/s1. The van der Waals surface area contributed by atoms with Gasteiger partial charge in [-0.15, -0.1) is 0 Å². The van der Waals surface area contributed by atoms with Crippen LogP contribution in [0.15, 0.2) is 12.5 Å². The van der Waals surface area contributed by atoms with E-state index < -0.39 is 17.6 Å². The molecular formula is C13H21N4O3+. The molecule has 20 heavy (non-hydrogen) atoms. The molecule has 1 aromatic rings. The maximum Gasteiger partial charge on any atom is 0.426 e. The minimum atomic E-state index is -0.979. The molecule has 0 aliphatic carbocycles. The number of carbonyl (C=O) groups is 2. The summed E-state index contributed by atoms with van der Waals surface area (Å²) in [6, 6.07) is -1.04. The average Bonchev–Trinajstić information content (AvgIpc) is 2.83. The number of quaternary nitrogens is 1. The molecule has 2 atom stereocenters. The first-order chi connectivity index (χ1) is 9.13. The second kappa shape index (κ2) is 4.31. The Kier molecular flexibility index (Phi) is 3.13. The molecule has 110 valence electrons. The van der Waals surface area contributed by atoms with E-state index in [1.165, 1.54) is 4.90 Å². The van der Waals surface area contributed by atoms with Crippen molar-refractivity contribution in [2.24, 2.45) is 7.05 Å². The van der Waals surface area contributed by atoms with Gasteiger partial charge in [-0.1, -0.05) is 0 Å². The molecule has 0 spiro atoms. The van der Waals surface area contributed by atoms with Crippen molar-refractivity contribution in [2.75, 3.05) is 13.6 Å². The number of urea groups is 1. The number of rotatable bonds is 2. The molecular weight excluding hydrogens is 260 g/mol. The van der Waals surface area contributed by atoms with Gasteiger partial charge in [-0.05, 0) is 20.8 Å². The Bertz CT molecular complexity index is 560. The molecule has 0 aromatic carbocycles. The highest BCUT2D eigenvalue weighted by atomic mass is 16.4. The van der Waals surface area contributed by atoms with Gasteiger partial charge in [0.1, 0.15) is 18.3 Å². The number of aromatic nitrogens is 2. The van der Waals surface area contributed by atoms with E-state index in [1.807, 2.05) is 27.8 Å². The topological polar surface area (TPSA) is 75.4 Å². The van der Waals surface area contributed by atoms with Crippen LogP contribution in [0.3, 0.4) is 0 Å². The number of aliphatic carboxylic acids is 1. The van der Waals surface area contributed by atoms with Crippen LogP contribution in [-0.4, -0.2) is 56.7 Å². The normalized spacial score (nSPS) is 27.1. The van der Waals surface area contributed by atoms with Crippen LogP contribution in [0.25, 0.3) is 0 Å². The number of amides is 2. The molecule has 1 unspecified atom stereocenters. The average molecular weight is 281 g/mol. The van der Waals surface area contributed by atoms with E-state index in [0.717, 1.165) is 0 Å². The Balaban J connectivity index is 2.65. The number of likely N-dealkylation sites (N-methyl/N-ethyl adjacent to an activating group) is 1.